The Morgan fingerprint density at radius 3 is 2.94 bits per heavy atom. The van der Waals surface area contributed by atoms with E-state index >= 15 is 0 Å². The molecule has 1 atom stereocenters. The minimum Gasteiger partial charge on any atom is -0.465 e. The zero-order valence-corrected chi connectivity index (χ0v) is 10.4. The van der Waals surface area contributed by atoms with Gasteiger partial charge >= 0.3 is 5.97 Å². The highest BCUT2D eigenvalue weighted by Gasteiger charge is 2.10. The second kappa shape index (κ2) is 6.12. The first kappa shape index (κ1) is 13.3. The van der Waals surface area contributed by atoms with Crippen molar-refractivity contribution in [1.29, 1.82) is 5.26 Å². The summed E-state index contributed by atoms with van der Waals surface area (Å²) in [5.74, 6) is -0.419. The summed E-state index contributed by atoms with van der Waals surface area (Å²) in [6.45, 7) is 1.87. The molecule has 0 aliphatic rings. The van der Waals surface area contributed by atoms with Crippen LogP contribution < -0.4 is 5.32 Å². The normalized spacial score (nSPS) is 11.4. The third-order valence-electron chi connectivity index (χ3n) is 2.19. The fraction of sp³-hybridized carbons (Fsp3) is 0.333. The van der Waals surface area contributed by atoms with E-state index in [1.54, 1.807) is 18.2 Å². The molecule has 0 radical (unpaired) electrons. The van der Waals surface area contributed by atoms with Crippen molar-refractivity contribution < 1.29 is 9.53 Å². The zero-order valence-electron chi connectivity index (χ0n) is 9.66. The minimum absolute atomic E-state index is 0.0367. The number of hydrogen-bond donors (Lipinski definition) is 1. The predicted octanol–water partition coefficient (Wildman–Crippen LogP) is 2.84. The fourth-order valence-electron chi connectivity index (χ4n) is 1.33. The fourth-order valence-corrected chi connectivity index (χ4v) is 1.51. The Morgan fingerprint density at radius 1 is 1.65 bits per heavy atom. The number of ether oxygens (including phenoxy) is 1. The highest BCUT2D eigenvalue weighted by atomic mass is 35.5. The molecule has 0 aromatic heterocycles. The lowest BCUT2D eigenvalue weighted by atomic mass is 10.1. The first-order valence-corrected chi connectivity index (χ1v) is 5.47. The Morgan fingerprint density at radius 2 is 2.35 bits per heavy atom. The molecular formula is C12H13ClN2O2. The number of rotatable bonds is 4. The maximum Gasteiger partial charge on any atom is 0.337 e. The molecule has 0 saturated carbocycles. The third-order valence-corrected chi connectivity index (χ3v) is 2.52. The number of methoxy groups -OCH3 is 1. The van der Waals surface area contributed by atoms with Crippen molar-refractivity contribution in [1.82, 2.24) is 0 Å². The van der Waals surface area contributed by atoms with E-state index in [9.17, 15) is 4.79 Å². The summed E-state index contributed by atoms with van der Waals surface area (Å²) >= 11 is 5.99. The van der Waals surface area contributed by atoms with Gasteiger partial charge in [-0.05, 0) is 25.1 Å². The van der Waals surface area contributed by atoms with Crippen molar-refractivity contribution in [3.63, 3.8) is 0 Å². The SMILES string of the molecule is COC(=O)c1ccc(Cl)c(NC(C)CC#N)c1. The summed E-state index contributed by atoms with van der Waals surface area (Å²) in [5.41, 5.74) is 1.04. The van der Waals surface area contributed by atoms with Crippen LogP contribution in [0.1, 0.15) is 23.7 Å². The third kappa shape index (κ3) is 3.65. The summed E-state index contributed by atoms with van der Waals surface area (Å²) in [7, 11) is 1.32. The zero-order chi connectivity index (χ0) is 12.8. The topological polar surface area (TPSA) is 62.1 Å². The van der Waals surface area contributed by atoms with Gasteiger partial charge in [0.1, 0.15) is 0 Å². The highest BCUT2D eigenvalue weighted by molar-refractivity contribution is 6.33. The Balaban J connectivity index is 2.91. The molecule has 1 N–H and O–H groups in total. The number of nitrogens with one attached hydrogen (secondary N) is 1. The smallest absolute Gasteiger partial charge is 0.337 e. The van der Waals surface area contributed by atoms with Crippen LogP contribution in [-0.2, 0) is 4.74 Å². The Hall–Kier alpha value is -1.73. The van der Waals surface area contributed by atoms with Gasteiger partial charge in [-0.1, -0.05) is 11.6 Å². The Labute approximate surface area is 105 Å². The van der Waals surface area contributed by atoms with Crippen LogP contribution in [0.2, 0.25) is 5.02 Å². The van der Waals surface area contributed by atoms with Crippen LogP contribution in [0.3, 0.4) is 0 Å². The summed E-state index contributed by atoms with van der Waals surface area (Å²) in [5, 5.41) is 12.1. The number of benzene rings is 1. The van der Waals surface area contributed by atoms with Gasteiger partial charge in [0.05, 0.1) is 35.9 Å². The van der Waals surface area contributed by atoms with Gasteiger partial charge in [-0.2, -0.15) is 5.26 Å². The van der Waals surface area contributed by atoms with Gasteiger partial charge in [0.15, 0.2) is 0 Å². The number of hydrogen-bond acceptors (Lipinski definition) is 4. The van der Waals surface area contributed by atoms with E-state index in [0.29, 0.717) is 22.7 Å². The average molecular weight is 253 g/mol. The van der Waals surface area contributed by atoms with Crippen LogP contribution in [-0.4, -0.2) is 19.1 Å². The number of carbonyl (C=O) groups excluding carboxylic acids is 1. The highest BCUT2D eigenvalue weighted by Crippen LogP contribution is 2.24. The second-order valence-electron chi connectivity index (χ2n) is 3.59. The standard InChI is InChI=1S/C12H13ClN2O2/c1-8(5-6-14)15-11-7-9(12(16)17-2)3-4-10(11)13/h3-4,7-8,15H,5H2,1-2H3. The number of anilines is 1. The molecule has 17 heavy (non-hydrogen) atoms. The molecule has 5 heteroatoms. The van der Waals surface area contributed by atoms with Crippen LogP contribution in [0.4, 0.5) is 5.69 Å². The lowest BCUT2D eigenvalue weighted by molar-refractivity contribution is 0.0601. The van der Waals surface area contributed by atoms with Gasteiger partial charge in [-0.15, -0.1) is 0 Å². The van der Waals surface area contributed by atoms with Crippen molar-refractivity contribution in [2.24, 2.45) is 0 Å². The molecule has 0 aliphatic carbocycles. The van der Waals surface area contributed by atoms with Crippen LogP contribution >= 0.6 is 11.6 Å². The maximum atomic E-state index is 11.3. The largest absolute Gasteiger partial charge is 0.465 e. The number of nitriles is 1. The monoisotopic (exact) mass is 252 g/mol. The van der Waals surface area contributed by atoms with Crippen molar-refractivity contribution in [2.75, 3.05) is 12.4 Å². The molecule has 0 heterocycles. The summed E-state index contributed by atoms with van der Waals surface area (Å²) in [6, 6.07) is 6.85. The van der Waals surface area contributed by atoms with E-state index in [0.717, 1.165) is 0 Å². The lowest BCUT2D eigenvalue weighted by Gasteiger charge is -2.14. The molecule has 0 amide bonds. The summed E-state index contributed by atoms with van der Waals surface area (Å²) in [6.07, 6.45) is 0.360. The molecule has 0 saturated heterocycles. The van der Waals surface area contributed by atoms with E-state index < -0.39 is 5.97 Å². The first-order valence-electron chi connectivity index (χ1n) is 5.09. The quantitative estimate of drug-likeness (QED) is 0.837. The van der Waals surface area contributed by atoms with Crippen LogP contribution in [0.5, 0.6) is 0 Å². The number of nitrogens with zero attached hydrogens (tertiary/aromatic N) is 1. The van der Waals surface area contributed by atoms with Crippen LogP contribution in [0.25, 0.3) is 0 Å². The van der Waals surface area contributed by atoms with Gasteiger partial charge in [-0.3, -0.25) is 0 Å². The molecular weight excluding hydrogens is 240 g/mol. The van der Waals surface area contributed by atoms with Crippen molar-refractivity contribution in [3.8, 4) is 6.07 Å². The first-order chi connectivity index (χ1) is 8.08. The lowest BCUT2D eigenvalue weighted by Crippen LogP contribution is -2.15. The molecule has 0 aliphatic heterocycles. The molecule has 90 valence electrons. The molecule has 1 rings (SSSR count). The van der Waals surface area contributed by atoms with E-state index in [4.69, 9.17) is 16.9 Å². The van der Waals surface area contributed by atoms with E-state index in [2.05, 4.69) is 16.1 Å². The molecule has 0 bridgehead atoms. The van der Waals surface area contributed by atoms with Gasteiger partial charge < -0.3 is 10.1 Å². The molecule has 4 nitrogen and oxygen atoms in total. The van der Waals surface area contributed by atoms with E-state index in [-0.39, 0.29) is 6.04 Å². The Bertz CT molecular complexity index is 454. The number of carbonyl (C=O) groups is 1. The molecule has 1 unspecified atom stereocenters. The average Bonchev–Trinajstić information content (AvgIpc) is 2.31. The van der Waals surface area contributed by atoms with Gasteiger partial charge in [0.25, 0.3) is 0 Å². The molecule has 0 fully saturated rings. The Kier molecular flexibility index (Phi) is 4.80. The van der Waals surface area contributed by atoms with Crippen molar-refractivity contribution >= 4 is 23.3 Å². The van der Waals surface area contributed by atoms with Gasteiger partial charge in [0, 0.05) is 6.04 Å². The predicted molar refractivity (Wildman–Crippen MR) is 66.1 cm³/mol. The van der Waals surface area contributed by atoms with Crippen LogP contribution in [0.15, 0.2) is 18.2 Å². The minimum atomic E-state index is -0.419. The van der Waals surface area contributed by atoms with Crippen molar-refractivity contribution in [3.05, 3.63) is 28.8 Å². The van der Waals surface area contributed by atoms with Crippen LogP contribution in [0, 0.1) is 11.3 Å². The van der Waals surface area contributed by atoms with Crippen molar-refractivity contribution in [2.45, 2.75) is 19.4 Å². The number of halogens is 1. The summed E-state index contributed by atoms with van der Waals surface area (Å²) < 4.78 is 4.62. The van der Waals surface area contributed by atoms with Gasteiger partial charge in [0.2, 0.25) is 0 Å². The molecule has 0 spiro atoms. The second-order valence-corrected chi connectivity index (χ2v) is 4.00. The van der Waals surface area contributed by atoms with E-state index in [1.165, 1.54) is 7.11 Å². The van der Waals surface area contributed by atoms with E-state index in [1.807, 2.05) is 6.92 Å². The number of esters is 1. The summed E-state index contributed by atoms with van der Waals surface area (Å²) in [4.78, 5) is 11.3. The maximum absolute atomic E-state index is 11.3. The molecule has 1 aromatic carbocycles. The molecule has 1 aromatic rings. The van der Waals surface area contributed by atoms with Gasteiger partial charge in [-0.25, -0.2) is 4.79 Å².